The lowest BCUT2D eigenvalue weighted by molar-refractivity contribution is -0.153. The van der Waals surface area contributed by atoms with Crippen molar-refractivity contribution in [1.82, 2.24) is 14.8 Å². The van der Waals surface area contributed by atoms with Gasteiger partial charge in [0.15, 0.2) is 11.8 Å². The maximum Gasteiger partial charge on any atom is 0.422 e. The lowest BCUT2D eigenvalue weighted by Gasteiger charge is -2.13. The van der Waals surface area contributed by atoms with Crippen LogP contribution in [-0.2, 0) is 11.3 Å². The summed E-state index contributed by atoms with van der Waals surface area (Å²) in [6.07, 6.45) is -4.46. The third kappa shape index (κ3) is 6.24. The fourth-order valence-corrected chi connectivity index (χ4v) is 3.37. The van der Waals surface area contributed by atoms with Crippen LogP contribution >= 0.6 is 11.8 Å². The number of ether oxygens (including phenoxy) is 1. The Morgan fingerprint density at radius 2 is 1.80 bits per heavy atom. The SMILES string of the molecule is Cc1nnc(SCC(=O)Nc2ccccc2OCC(F)(F)F)n1Cc1ccccc1. The summed E-state index contributed by atoms with van der Waals surface area (Å²) in [6.45, 7) is 0.961. The summed E-state index contributed by atoms with van der Waals surface area (Å²) in [6, 6.07) is 15.8. The molecule has 0 saturated carbocycles. The number of carbonyl (C=O) groups is 1. The Morgan fingerprint density at radius 1 is 1.10 bits per heavy atom. The van der Waals surface area contributed by atoms with Crippen molar-refractivity contribution in [2.45, 2.75) is 24.8 Å². The highest BCUT2D eigenvalue weighted by molar-refractivity contribution is 7.99. The summed E-state index contributed by atoms with van der Waals surface area (Å²) in [5.74, 6) is 0.291. The minimum absolute atomic E-state index is 0.0144. The van der Waals surface area contributed by atoms with Crippen LogP contribution in [0.5, 0.6) is 5.75 Å². The molecule has 0 atom stereocenters. The van der Waals surface area contributed by atoms with Crippen molar-refractivity contribution in [1.29, 1.82) is 0 Å². The Kier molecular flexibility index (Phi) is 6.99. The molecule has 30 heavy (non-hydrogen) atoms. The van der Waals surface area contributed by atoms with Gasteiger partial charge < -0.3 is 14.6 Å². The predicted molar refractivity (Wildman–Crippen MR) is 108 cm³/mol. The maximum atomic E-state index is 12.4. The van der Waals surface area contributed by atoms with Gasteiger partial charge in [0.1, 0.15) is 11.6 Å². The summed E-state index contributed by atoms with van der Waals surface area (Å²) in [5, 5.41) is 11.3. The van der Waals surface area contributed by atoms with Crippen LogP contribution < -0.4 is 10.1 Å². The van der Waals surface area contributed by atoms with Crippen LogP contribution in [0.25, 0.3) is 0 Å². The Labute approximate surface area is 175 Å². The Bertz CT molecular complexity index is 993. The van der Waals surface area contributed by atoms with Crippen LogP contribution in [0.2, 0.25) is 0 Å². The van der Waals surface area contributed by atoms with Crippen molar-refractivity contribution < 1.29 is 22.7 Å². The number of anilines is 1. The number of hydrogen-bond acceptors (Lipinski definition) is 5. The molecule has 0 spiro atoms. The van der Waals surface area contributed by atoms with Crippen molar-refractivity contribution >= 4 is 23.4 Å². The van der Waals surface area contributed by atoms with E-state index in [1.165, 1.54) is 30.0 Å². The van der Waals surface area contributed by atoms with Gasteiger partial charge in [-0.2, -0.15) is 13.2 Å². The highest BCUT2D eigenvalue weighted by Gasteiger charge is 2.29. The Morgan fingerprint density at radius 3 is 2.53 bits per heavy atom. The summed E-state index contributed by atoms with van der Waals surface area (Å²) >= 11 is 1.19. The first-order chi connectivity index (χ1) is 14.3. The zero-order valence-corrected chi connectivity index (χ0v) is 16.8. The molecule has 6 nitrogen and oxygen atoms in total. The van der Waals surface area contributed by atoms with Gasteiger partial charge in [0.25, 0.3) is 0 Å². The molecule has 0 aliphatic carbocycles. The Hall–Kier alpha value is -3.01. The second-order valence-corrected chi connectivity index (χ2v) is 7.28. The number of aryl methyl sites for hydroxylation is 1. The van der Waals surface area contributed by atoms with Crippen LogP contribution in [0.3, 0.4) is 0 Å². The van der Waals surface area contributed by atoms with Crippen LogP contribution in [0.4, 0.5) is 18.9 Å². The summed E-state index contributed by atoms with van der Waals surface area (Å²) in [5.41, 5.74) is 1.25. The van der Waals surface area contributed by atoms with Crippen LogP contribution in [0.15, 0.2) is 59.8 Å². The molecule has 0 bridgehead atoms. The van der Waals surface area contributed by atoms with Crippen molar-refractivity contribution in [3.8, 4) is 5.75 Å². The first kappa shape index (κ1) is 21.7. The molecule has 0 radical (unpaired) electrons. The number of carbonyl (C=O) groups excluding carboxylic acids is 1. The number of alkyl halides is 3. The van der Waals surface area contributed by atoms with Gasteiger partial charge in [0.2, 0.25) is 5.91 Å². The van der Waals surface area contributed by atoms with Crippen molar-refractivity contribution in [3.05, 3.63) is 66.0 Å². The normalized spacial score (nSPS) is 11.3. The van der Waals surface area contributed by atoms with E-state index in [1.54, 1.807) is 6.07 Å². The van der Waals surface area contributed by atoms with Crippen LogP contribution in [-0.4, -0.2) is 39.2 Å². The van der Waals surface area contributed by atoms with E-state index in [1.807, 2.05) is 41.8 Å². The minimum Gasteiger partial charge on any atom is -0.482 e. The smallest absolute Gasteiger partial charge is 0.422 e. The lowest BCUT2D eigenvalue weighted by atomic mass is 10.2. The second-order valence-electron chi connectivity index (χ2n) is 6.34. The third-order valence-corrected chi connectivity index (χ3v) is 4.94. The van der Waals surface area contributed by atoms with E-state index in [9.17, 15) is 18.0 Å². The van der Waals surface area contributed by atoms with Gasteiger partial charge in [-0.3, -0.25) is 4.79 Å². The van der Waals surface area contributed by atoms with Crippen molar-refractivity contribution in [2.75, 3.05) is 17.7 Å². The van der Waals surface area contributed by atoms with Gasteiger partial charge in [-0.1, -0.05) is 54.2 Å². The van der Waals surface area contributed by atoms with Gasteiger partial charge in [-0.05, 0) is 24.6 Å². The quantitative estimate of drug-likeness (QED) is 0.533. The number of aromatic nitrogens is 3. The molecule has 1 heterocycles. The van der Waals surface area contributed by atoms with Gasteiger partial charge in [-0.25, -0.2) is 0 Å². The standard InChI is InChI=1S/C20H19F3N4O2S/c1-14-25-26-19(27(14)11-15-7-3-2-4-8-15)30-12-18(28)24-16-9-5-6-10-17(16)29-13-20(21,22)23/h2-10H,11-13H2,1H3,(H,24,28). The minimum atomic E-state index is -4.46. The molecule has 0 aliphatic rings. The van der Waals surface area contributed by atoms with Gasteiger partial charge in [0.05, 0.1) is 18.0 Å². The number of rotatable bonds is 8. The number of thioether (sulfide) groups is 1. The zero-order valence-electron chi connectivity index (χ0n) is 16.0. The van der Waals surface area contributed by atoms with Gasteiger partial charge in [0, 0.05) is 0 Å². The number of benzene rings is 2. The fourth-order valence-electron chi connectivity index (χ4n) is 2.59. The van der Waals surface area contributed by atoms with Gasteiger partial charge >= 0.3 is 6.18 Å². The molecule has 1 aromatic heterocycles. The molecule has 158 valence electrons. The van der Waals surface area contributed by atoms with E-state index in [0.717, 1.165) is 5.56 Å². The highest BCUT2D eigenvalue weighted by atomic mass is 32.2. The van der Waals surface area contributed by atoms with Crippen molar-refractivity contribution in [2.24, 2.45) is 0 Å². The van der Waals surface area contributed by atoms with E-state index >= 15 is 0 Å². The molecule has 3 rings (SSSR count). The molecule has 1 N–H and O–H groups in total. The zero-order chi connectivity index (χ0) is 21.6. The van der Waals surface area contributed by atoms with E-state index in [0.29, 0.717) is 17.5 Å². The van der Waals surface area contributed by atoms with Crippen LogP contribution in [0, 0.1) is 6.92 Å². The molecule has 0 aliphatic heterocycles. The number of hydrogen-bond donors (Lipinski definition) is 1. The molecular weight excluding hydrogens is 417 g/mol. The Balaban J connectivity index is 1.61. The second kappa shape index (κ2) is 9.66. The monoisotopic (exact) mass is 436 g/mol. The molecule has 2 aromatic carbocycles. The topological polar surface area (TPSA) is 69.0 Å². The maximum absolute atomic E-state index is 12.4. The highest BCUT2D eigenvalue weighted by Crippen LogP contribution is 2.27. The molecular formula is C20H19F3N4O2S. The molecule has 0 saturated heterocycles. The molecule has 0 unspecified atom stereocenters. The van der Waals surface area contributed by atoms with Gasteiger partial charge in [-0.15, -0.1) is 10.2 Å². The fraction of sp³-hybridized carbons (Fsp3) is 0.250. The third-order valence-electron chi connectivity index (χ3n) is 3.97. The largest absolute Gasteiger partial charge is 0.482 e. The average Bonchev–Trinajstić information content (AvgIpc) is 3.05. The number of amides is 1. The summed E-state index contributed by atoms with van der Waals surface area (Å²) in [4.78, 5) is 12.3. The summed E-state index contributed by atoms with van der Waals surface area (Å²) in [7, 11) is 0. The van der Waals surface area contributed by atoms with Crippen molar-refractivity contribution in [3.63, 3.8) is 0 Å². The average molecular weight is 436 g/mol. The number of nitrogens with one attached hydrogen (secondary N) is 1. The van der Waals surface area contributed by atoms with E-state index in [2.05, 4.69) is 15.5 Å². The molecule has 3 aromatic rings. The summed E-state index contributed by atoms with van der Waals surface area (Å²) < 4.78 is 43.9. The number of halogens is 3. The first-order valence-electron chi connectivity index (χ1n) is 8.97. The number of nitrogens with zero attached hydrogens (tertiary/aromatic N) is 3. The van der Waals surface area contributed by atoms with E-state index in [4.69, 9.17) is 4.74 Å². The first-order valence-corrected chi connectivity index (χ1v) is 9.95. The molecule has 10 heteroatoms. The predicted octanol–water partition coefficient (Wildman–Crippen LogP) is 4.31. The van der Waals surface area contributed by atoms with E-state index < -0.39 is 18.7 Å². The molecule has 0 fully saturated rings. The van der Waals surface area contributed by atoms with E-state index in [-0.39, 0.29) is 17.2 Å². The van der Waals surface area contributed by atoms with Crippen LogP contribution in [0.1, 0.15) is 11.4 Å². The lowest BCUT2D eigenvalue weighted by Crippen LogP contribution is -2.20. The molecule has 1 amide bonds. The number of para-hydroxylation sites is 2.